The highest BCUT2D eigenvalue weighted by molar-refractivity contribution is 5.45. The Morgan fingerprint density at radius 3 is 2.83 bits per heavy atom. The first-order chi connectivity index (χ1) is 3.00. The molecule has 31 valence electrons. The van der Waals surface area contributed by atoms with E-state index in [1.165, 1.54) is 0 Å². The van der Waals surface area contributed by atoms with Crippen molar-refractivity contribution in [1.82, 2.24) is 5.59 Å². The van der Waals surface area contributed by atoms with Gasteiger partial charge in [-0.3, -0.25) is 0 Å². The van der Waals surface area contributed by atoms with Crippen molar-refractivity contribution in [2.45, 2.75) is 0 Å². The van der Waals surface area contributed by atoms with Crippen LogP contribution in [-0.4, -0.2) is 6.40 Å². The maximum Gasteiger partial charge on any atom is 0.335 e. The van der Waals surface area contributed by atoms with Crippen molar-refractivity contribution < 1.29 is 4.84 Å². The zero-order chi connectivity index (χ0) is 4.24. The third-order valence-corrected chi connectivity index (χ3v) is 0.262. The monoisotopic (exact) mass is 85.0 g/mol. The topological polar surface area (TPSA) is 58.3 Å². The van der Waals surface area contributed by atoms with E-state index in [9.17, 15) is 0 Å². The van der Waals surface area contributed by atoms with Gasteiger partial charge in [-0.15, -0.1) is 5.59 Å². The van der Waals surface area contributed by atoms with E-state index in [1.54, 1.807) is 0 Å². The standard InChI is InChI=1S/CHN4O/c1-2-3-4-5-6-1/h(H,3,5). The van der Waals surface area contributed by atoms with Gasteiger partial charge in [0.15, 0.2) is 0 Å². The van der Waals surface area contributed by atoms with E-state index in [1.807, 2.05) is 12.0 Å². The van der Waals surface area contributed by atoms with Crippen molar-refractivity contribution >= 4 is 6.40 Å². The molecule has 1 aliphatic rings. The fourth-order valence-corrected chi connectivity index (χ4v) is 0.120. The van der Waals surface area contributed by atoms with E-state index in [0.29, 0.717) is 0 Å². The molecule has 0 aromatic heterocycles. The predicted molar refractivity (Wildman–Crippen MR) is 16.5 cm³/mol. The van der Waals surface area contributed by atoms with Gasteiger partial charge in [0.05, 0.1) is 0 Å². The summed E-state index contributed by atoms with van der Waals surface area (Å²) >= 11 is 0. The molecule has 6 heavy (non-hydrogen) atoms. The Labute approximate surface area is 33.6 Å². The lowest BCUT2D eigenvalue weighted by molar-refractivity contribution is 0.176. The second-order valence-corrected chi connectivity index (χ2v) is 0.574. The summed E-state index contributed by atoms with van der Waals surface area (Å²) in [5.41, 5.74) is 2.04. The van der Waals surface area contributed by atoms with Gasteiger partial charge in [0, 0.05) is 0 Å². The van der Waals surface area contributed by atoms with Gasteiger partial charge in [0.1, 0.15) is 0 Å². The van der Waals surface area contributed by atoms with E-state index < -0.39 is 0 Å². The van der Waals surface area contributed by atoms with Crippen molar-refractivity contribution in [3.8, 4) is 0 Å². The molecule has 1 aliphatic heterocycles. The third kappa shape index (κ3) is 0.423. The lowest BCUT2D eigenvalue weighted by Gasteiger charge is -1.91. The van der Waals surface area contributed by atoms with Gasteiger partial charge in [-0.1, -0.05) is 5.10 Å². The predicted octanol–water partition coefficient (Wildman–Crippen LogP) is -0.291. The molecule has 1 heterocycles. The van der Waals surface area contributed by atoms with E-state index >= 15 is 0 Å². The minimum atomic E-state index is 2.04. The maximum absolute atomic E-state index is 4.14. The van der Waals surface area contributed by atoms with Crippen LogP contribution in [0.2, 0.25) is 0 Å². The molecule has 1 radical (unpaired) electrons. The van der Waals surface area contributed by atoms with Crippen molar-refractivity contribution in [3.05, 3.63) is 0 Å². The average Bonchev–Trinajstić information content (AvgIpc) is 1.72. The number of nitrogens with one attached hydrogen (secondary N) is 1. The summed E-state index contributed by atoms with van der Waals surface area (Å²) in [5, 5.41) is 9.28. The van der Waals surface area contributed by atoms with E-state index in [-0.39, 0.29) is 0 Å². The fraction of sp³-hybridized carbons (Fsp3) is 0. The Kier molecular flexibility index (Phi) is 0.689. The maximum atomic E-state index is 4.14. The Morgan fingerprint density at radius 2 is 2.67 bits per heavy atom. The van der Waals surface area contributed by atoms with Gasteiger partial charge in [0.2, 0.25) is 0 Å². The lowest BCUT2D eigenvalue weighted by Crippen LogP contribution is -2.05. The zero-order valence-electron chi connectivity index (χ0n) is 2.75. The number of hydrogen-bond acceptors (Lipinski definition) is 5. The Hall–Kier alpha value is -1.13. The van der Waals surface area contributed by atoms with Crippen LogP contribution in [0.5, 0.6) is 0 Å². The molecule has 1 rings (SSSR count). The van der Waals surface area contributed by atoms with Crippen LogP contribution in [0.15, 0.2) is 15.5 Å². The van der Waals surface area contributed by atoms with Gasteiger partial charge in [-0.25, -0.2) is 0 Å². The first-order valence-corrected chi connectivity index (χ1v) is 1.26. The van der Waals surface area contributed by atoms with Crippen LogP contribution in [0.1, 0.15) is 0 Å². The van der Waals surface area contributed by atoms with Crippen molar-refractivity contribution in [2.75, 3.05) is 0 Å². The van der Waals surface area contributed by atoms with Crippen LogP contribution in [0.3, 0.4) is 0 Å². The van der Waals surface area contributed by atoms with Crippen molar-refractivity contribution in [1.29, 1.82) is 0 Å². The minimum Gasteiger partial charge on any atom is -0.335 e. The number of rotatable bonds is 0. The second-order valence-electron chi connectivity index (χ2n) is 0.574. The van der Waals surface area contributed by atoms with Gasteiger partial charge in [0.25, 0.3) is 0 Å². The minimum absolute atomic E-state index is 2.04. The van der Waals surface area contributed by atoms with Crippen LogP contribution in [0.4, 0.5) is 0 Å². The highest BCUT2D eigenvalue weighted by atomic mass is 16.7. The van der Waals surface area contributed by atoms with Crippen LogP contribution in [0.25, 0.3) is 0 Å². The molecule has 0 bridgehead atoms. The summed E-state index contributed by atoms with van der Waals surface area (Å²) in [4.78, 5) is 4.14. The molecule has 0 fully saturated rings. The smallest absolute Gasteiger partial charge is 0.335 e. The molecule has 0 atom stereocenters. The number of hydrogen-bond donors (Lipinski definition) is 1. The number of nitrogens with zero attached hydrogens (tertiary/aromatic N) is 3. The first-order valence-electron chi connectivity index (χ1n) is 1.26. The highest BCUT2D eigenvalue weighted by Gasteiger charge is 1.78. The lowest BCUT2D eigenvalue weighted by atomic mass is 11.5. The van der Waals surface area contributed by atoms with Gasteiger partial charge in [-0.05, 0) is 10.4 Å². The fourth-order valence-electron chi connectivity index (χ4n) is 0.120. The summed E-state index contributed by atoms with van der Waals surface area (Å²) < 4.78 is 0. The second kappa shape index (κ2) is 1.34. The molecule has 0 amide bonds. The molecule has 0 unspecified atom stereocenters. The van der Waals surface area contributed by atoms with Gasteiger partial charge in [-0.2, -0.15) is 0 Å². The van der Waals surface area contributed by atoms with Gasteiger partial charge < -0.3 is 4.84 Å². The third-order valence-electron chi connectivity index (χ3n) is 0.262. The average molecular weight is 85.0 g/mol. The molecule has 1 N–H and O–H groups in total. The van der Waals surface area contributed by atoms with Crippen LogP contribution >= 0.6 is 0 Å². The molecular formula is CHN4O. The van der Waals surface area contributed by atoms with Crippen LogP contribution in [-0.2, 0) is 4.84 Å². The molecule has 0 saturated heterocycles. The Bertz CT molecular complexity index is 73.5. The molecular weight excluding hydrogens is 84.0 g/mol. The van der Waals surface area contributed by atoms with Crippen molar-refractivity contribution in [2.24, 2.45) is 15.5 Å². The normalized spacial score (nSPS) is 16.0. The molecule has 0 spiro atoms. The molecule has 0 aromatic rings. The first kappa shape index (κ1) is 3.08. The summed E-state index contributed by atoms with van der Waals surface area (Å²) in [5.74, 6) is 0. The molecule has 0 saturated carbocycles. The summed E-state index contributed by atoms with van der Waals surface area (Å²) in [7, 11) is 0. The summed E-state index contributed by atoms with van der Waals surface area (Å²) in [6, 6.07) is 0. The van der Waals surface area contributed by atoms with E-state index in [4.69, 9.17) is 0 Å². The summed E-state index contributed by atoms with van der Waals surface area (Å²) in [6.07, 6.45) is 2.04. The van der Waals surface area contributed by atoms with E-state index in [2.05, 4.69) is 20.4 Å². The van der Waals surface area contributed by atoms with Crippen LogP contribution < -0.4 is 5.59 Å². The largest absolute Gasteiger partial charge is 0.335 e. The SMILES string of the molecule is [C]1=NN=NNO1. The quantitative estimate of drug-likeness (QED) is 0.439. The summed E-state index contributed by atoms with van der Waals surface area (Å²) in [6.45, 7) is 0. The highest BCUT2D eigenvalue weighted by Crippen LogP contribution is 1.75. The Morgan fingerprint density at radius 1 is 1.67 bits per heavy atom. The molecule has 5 nitrogen and oxygen atoms in total. The van der Waals surface area contributed by atoms with Crippen molar-refractivity contribution in [3.63, 3.8) is 0 Å². The molecule has 5 heteroatoms. The van der Waals surface area contributed by atoms with Gasteiger partial charge >= 0.3 is 6.40 Å². The molecule has 0 aliphatic carbocycles. The Balaban J connectivity index is 2.46. The zero-order valence-corrected chi connectivity index (χ0v) is 2.75. The van der Waals surface area contributed by atoms with Crippen LogP contribution in [0, 0.1) is 0 Å². The molecule has 0 aromatic carbocycles. The van der Waals surface area contributed by atoms with E-state index in [0.717, 1.165) is 0 Å².